The number of hydrogen-bond donors (Lipinski definition) is 2. The molecule has 0 aliphatic carbocycles. The van der Waals surface area contributed by atoms with E-state index in [-0.39, 0.29) is 18.4 Å². The van der Waals surface area contributed by atoms with Gasteiger partial charge in [0.05, 0.1) is 6.54 Å². The highest BCUT2D eigenvalue weighted by molar-refractivity contribution is 5.94. The molecule has 0 fully saturated rings. The van der Waals surface area contributed by atoms with Crippen molar-refractivity contribution in [1.82, 2.24) is 10.2 Å². The summed E-state index contributed by atoms with van der Waals surface area (Å²) in [5, 5.41) is 5.50. The molecule has 6 nitrogen and oxygen atoms in total. The standard InChI is InChI=1S/C25H27N3O3/c1-18-4-12-22(13-5-18)31-23-14-10-21(11-15-23)27-24(29)17-28(3)16-19-6-8-20(9-7-19)25(30)26-2/h4-15H,16-17H2,1-3H3,(H,26,30)(H,27,29). The highest BCUT2D eigenvalue weighted by atomic mass is 16.5. The molecule has 0 radical (unpaired) electrons. The van der Waals surface area contributed by atoms with Gasteiger partial charge in [-0.15, -0.1) is 0 Å². The Labute approximate surface area is 182 Å². The van der Waals surface area contributed by atoms with Crippen LogP contribution in [0.15, 0.2) is 72.8 Å². The van der Waals surface area contributed by atoms with Crippen LogP contribution >= 0.6 is 0 Å². The van der Waals surface area contributed by atoms with Crippen molar-refractivity contribution >= 4 is 17.5 Å². The van der Waals surface area contributed by atoms with Crippen LogP contribution in [0.1, 0.15) is 21.5 Å². The number of benzene rings is 3. The van der Waals surface area contributed by atoms with Crippen molar-refractivity contribution in [3.63, 3.8) is 0 Å². The van der Waals surface area contributed by atoms with E-state index in [0.29, 0.717) is 23.5 Å². The number of carbonyl (C=O) groups is 2. The highest BCUT2D eigenvalue weighted by Gasteiger charge is 2.09. The third-order valence-corrected chi connectivity index (χ3v) is 4.70. The van der Waals surface area contributed by atoms with Crippen LogP contribution in [-0.4, -0.2) is 37.4 Å². The Bertz CT molecular complexity index is 1010. The Hall–Kier alpha value is -3.64. The first kappa shape index (κ1) is 22.1. The molecule has 0 heterocycles. The number of anilines is 1. The first-order valence-corrected chi connectivity index (χ1v) is 10.1. The predicted octanol–water partition coefficient (Wildman–Crippen LogP) is 4.22. The van der Waals surface area contributed by atoms with E-state index in [9.17, 15) is 9.59 Å². The lowest BCUT2D eigenvalue weighted by Gasteiger charge is -2.16. The molecule has 0 saturated carbocycles. The van der Waals surface area contributed by atoms with Crippen LogP contribution in [0.5, 0.6) is 11.5 Å². The Kier molecular flexibility index (Phi) is 7.40. The SMILES string of the molecule is CNC(=O)c1ccc(CN(C)CC(=O)Nc2ccc(Oc3ccc(C)cc3)cc2)cc1. The number of aryl methyl sites for hydroxylation is 1. The van der Waals surface area contributed by atoms with Gasteiger partial charge in [0, 0.05) is 24.8 Å². The van der Waals surface area contributed by atoms with Crippen molar-refractivity contribution < 1.29 is 14.3 Å². The van der Waals surface area contributed by atoms with Crippen molar-refractivity contribution in [2.75, 3.05) is 26.0 Å². The average Bonchev–Trinajstić information content (AvgIpc) is 2.76. The van der Waals surface area contributed by atoms with Gasteiger partial charge in [0.25, 0.3) is 5.91 Å². The van der Waals surface area contributed by atoms with E-state index in [2.05, 4.69) is 10.6 Å². The molecule has 0 saturated heterocycles. The third kappa shape index (κ3) is 6.69. The second kappa shape index (κ2) is 10.4. The smallest absolute Gasteiger partial charge is 0.251 e. The largest absolute Gasteiger partial charge is 0.457 e. The Morgan fingerprint density at radius 2 is 1.45 bits per heavy atom. The number of rotatable bonds is 8. The lowest BCUT2D eigenvalue weighted by Crippen LogP contribution is -2.29. The van der Waals surface area contributed by atoms with Crippen LogP contribution in [0, 0.1) is 6.92 Å². The molecule has 0 unspecified atom stereocenters. The number of ether oxygens (including phenoxy) is 1. The maximum Gasteiger partial charge on any atom is 0.251 e. The number of amides is 2. The van der Waals surface area contributed by atoms with Crippen molar-refractivity contribution in [2.24, 2.45) is 0 Å². The Balaban J connectivity index is 1.48. The number of nitrogens with one attached hydrogen (secondary N) is 2. The normalized spacial score (nSPS) is 10.6. The van der Waals surface area contributed by atoms with Gasteiger partial charge < -0.3 is 15.4 Å². The molecule has 3 rings (SSSR count). The number of nitrogens with zero attached hydrogens (tertiary/aromatic N) is 1. The average molecular weight is 418 g/mol. The first-order chi connectivity index (χ1) is 14.9. The summed E-state index contributed by atoms with van der Waals surface area (Å²) in [5.74, 6) is 1.26. The van der Waals surface area contributed by atoms with E-state index in [4.69, 9.17) is 4.74 Å². The lowest BCUT2D eigenvalue weighted by atomic mass is 10.1. The second-order valence-corrected chi connectivity index (χ2v) is 7.44. The zero-order valence-corrected chi connectivity index (χ0v) is 18.0. The van der Waals surface area contributed by atoms with Gasteiger partial charge in [0.1, 0.15) is 11.5 Å². The summed E-state index contributed by atoms with van der Waals surface area (Å²) in [7, 11) is 3.48. The maximum atomic E-state index is 12.4. The highest BCUT2D eigenvalue weighted by Crippen LogP contribution is 2.23. The molecular weight excluding hydrogens is 390 g/mol. The van der Waals surface area contributed by atoms with Gasteiger partial charge in [-0.2, -0.15) is 0 Å². The molecule has 2 N–H and O–H groups in total. The van der Waals surface area contributed by atoms with E-state index in [0.717, 1.165) is 11.3 Å². The molecule has 160 valence electrons. The van der Waals surface area contributed by atoms with E-state index in [1.54, 1.807) is 19.2 Å². The minimum absolute atomic E-state index is 0.100. The summed E-state index contributed by atoms with van der Waals surface area (Å²) >= 11 is 0. The third-order valence-electron chi connectivity index (χ3n) is 4.70. The van der Waals surface area contributed by atoms with Crippen LogP contribution in [0.4, 0.5) is 5.69 Å². The quantitative estimate of drug-likeness (QED) is 0.576. The summed E-state index contributed by atoms with van der Waals surface area (Å²) in [6, 6.07) is 22.5. The van der Waals surface area contributed by atoms with E-state index < -0.39 is 0 Å². The summed E-state index contributed by atoms with van der Waals surface area (Å²) in [4.78, 5) is 25.9. The summed E-state index contributed by atoms with van der Waals surface area (Å²) in [5.41, 5.74) is 3.53. The Morgan fingerprint density at radius 3 is 2.03 bits per heavy atom. The molecule has 3 aromatic carbocycles. The molecular formula is C25H27N3O3. The zero-order chi connectivity index (χ0) is 22.2. The molecule has 0 aliphatic heterocycles. The first-order valence-electron chi connectivity index (χ1n) is 10.1. The fourth-order valence-electron chi connectivity index (χ4n) is 3.07. The molecule has 0 aliphatic rings. The van der Waals surface area contributed by atoms with Crippen LogP contribution in [0.2, 0.25) is 0 Å². The van der Waals surface area contributed by atoms with E-state index in [1.165, 1.54) is 5.56 Å². The van der Waals surface area contributed by atoms with Gasteiger partial charge in [-0.3, -0.25) is 14.5 Å². The van der Waals surface area contributed by atoms with Gasteiger partial charge in [-0.1, -0.05) is 29.8 Å². The van der Waals surface area contributed by atoms with Crippen LogP contribution in [0.25, 0.3) is 0 Å². The molecule has 0 atom stereocenters. The molecule has 2 amide bonds. The minimum Gasteiger partial charge on any atom is -0.457 e. The number of likely N-dealkylation sites (N-methyl/N-ethyl adjacent to an activating group) is 1. The van der Waals surface area contributed by atoms with Crippen molar-refractivity contribution in [3.05, 3.63) is 89.5 Å². The fourth-order valence-corrected chi connectivity index (χ4v) is 3.07. The maximum absolute atomic E-state index is 12.4. The van der Waals surface area contributed by atoms with Crippen LogP contribution in [-0.2, 0) is 11.3 Å². The van der Waals surface area contributed by atoms with E-state index in [1.807, 2.05) is 79.5 Å². The van der Waals surface area contributed by atoms with Crippen molar-refractivity contribution in [1.29, 1.82) is 0 Å². The molecule has 3 aromatic rings. The monoisotopic (exact) mass is 417 g/mol. The molecule has 31 heavy (non-hydrogen) atoms. The van der Waals surface area contributed by atoms with Crippen molar-refractivity contribution in [3.8, 4) is 11.5 Å². The number of hydrogen-bond acceptors (Lipinski definition) is 4. The molecule has 0 aromatic heterocycles. The number of carbonyl (C=O) groups excluding carboxylic acids is 2. The minimum atomic E-state index is -0.116. The van der Waals surface area contributed by atoms with Crippen LogP contribution < -0.4 is 15.4 Å². The van der Waals surface area contributed by atoms with E-state index >= 15 is 0 Å². The summed E-state index contributed by atoms with van der Waals surface area (Å²) in [6.07, 6.45) is 0. The summed E-state index contributed by atoms with van der Waals surface area (Å²) in [6.45, 7) is 2.88. The topological polar surface area (TPSA) is 70.7 Å². The molecule has 0 bridgehead atoms. The molecule has 0 spiro atoms. The van der Waals surface area contributed by atoms with Crippen molar-refractivity contribution in [2.45, 2.75) is 13.5 Å². The zero-order valence-electron chi connectivity index (χ0n) is 18.0. The Morgan fingerprint density at radius 1 is 0.871 bits per heavy atom. The van der Waals surface area contributed by atoms with Crippen LogP contribution in [0.3, 0.4) is 0 Å². The molecule has 6 heteroatoms. The fraction of sp³-hybridized carbons (Fsp3) is 0.200. The predicted molar refractivity (Wildman–Crippen MR) is 122 cm³/mol. The van der Waals surface area contributed by atoms with Gasteiger partial charge in [-0.05, 0) is 68.1 Å². The van der Waals surface area contributed by atoms with Gasteiger partial charge in [-0.25, -0.2) is 0 Å². The second-order valence-electron chi connectivity index (χ2n) is 7.44. The van der Waals surface area contributed by atoms with Gasteiger partial charge in [0.15, 0.2) is 0 Å². The van der Waals surface area contributed by atoms with Gasteiger partial charge in [0.2, 0.25) is 5.91 Å². The lowest BCUT2D eigenvalue weighted by molar-refractivity contribution is -0.117. The summed E-state index contributed by atoms with van der Waals surface area (Å²) < 4.78 is 5.81. The van der Waals surface area contributed by atoms with Gasteiger partial charge >= 0.3 is 0 Å².